The van der Waals surface area contributed by atoms with Gasteiger partial charge in [0.2, 0.25) is 10.0 Å². The van der Waals surface area contributed by atoms with Gasteiger partial charge in [-0.2, -0.15) is 0 Å². The third-order valence-corrected chi connectivity index (χ3v) is 4.64. The fourth-order valence-corrected chi connectivity index (χ4v) is 3.29. The minimum absolute atomic E-state index is 0.132. The highest BCUT2D eigenvalue weighted by Gasteiger charge is 2.18. The highest BCUT2D eigenvalue weighted by molar-refractivity contribution is 9.10. The van der Waals surface area contributed by atoms with Crippen LogP contribution in [0.5, 0.6) is 0 Å². The zero-order valence-electron chi connectivity index (χ0n) is 10.1. The first-order chi connectivity index (χ1) is 8.38. The second-order valence-corrected chi connectivity index (χ2v) is 6.86. The lowest BCUT2D eigenvalue weighted by Gasteiger charge is -2.34. The summed E-state index contributed by atoms with van der Waals surface area (Å²) in [7, 11) is -1.54. The van der Waals surface area contributed by atoms with Crippen molar-refractivity contribution in [1.82, 2.24) is 4.90 Å². The lowest BCUT2D eigenvalue weighted by atomic mass is 10.2. The summed E-state index contributed by atoms with van der Waals surface area (Å²) in [5.41, 5.74) is 1.01. The van der Waals surface area contributed by atoms with Crippen molar-refractivity contribution >= 4 is 31.6 Å². The van der Waals surface area contributed by atoms with Crippen LogP contribution < -0.4 is 10.0 Å². The molecule has 1 saturated heterocycles. The van der Waals surface area contributed by atoms with Crippen molar-refractivity contribution in [3.8, 4) is 0 Å². The van der Waals surface area contributed by atoms with E-state index in [4.69, 9.17) is 5.14 Å². The maximum absolute atomic E-state index is 11.3. The van der Waals surface area contributed by atoms with Gasteiger partial charge in [0, 0.05) is 30.7 Å². The van der Waals surface area contributed by atoms with Gasteiger partial charge in [0.25, 0.3) is 0 Å². The number of sulfonamides is 1. The lowest BCUT2D eigenvalue weighted by molar-refractivity contribution is 0.312. The molecule has 100 valence electrons. The predicted octanol–water partition coefficient (Wildman–Crippen LogP) is 0.848. The largest absolute Gasteiger partial charge is 0.368 e. The van der Waals surface area contributed by atoms with Gasteiger partial charge >= 0.3 is 0 Å². The highest BCUT2D eigenvalue weighted by atomic mass is 79.9. The Hall–Kier alpha value is -0.630. The SMILES string of the molecule is CN1CCN(c2ccc(S(N)(=O)=O)cc2Br)CC1. The molecule has 0 radical (unpaired) electrons. The molecule has 0 saturated carbocycles. The smallest absolute Gasteiger partial charge is 0.238 e. The van der Waals surface area contributed by atoms with Crippen molar-refractivity contribution in [3.05, 3.63) is 22.7 Å². The molecule has 0 spiro atoms. The summed E-state index contributed by atoms with van der Waals surface area (Å²) in [6, 6.07) is 4.91. The summed E-state index contributed by atoms with van der Waals surface area (Å²) in [5.74, 6) is 0. The van der Waals surface area contributed by atoms with Gasteiger partial charge < -0.3 is 9.80 Å². The number of anilines is 1. The quantitative estimate of drug-likeness (QED) is 0.871. The van der Waals surface area contributed by atoms with Crippen LogP contribution in [-0.4, -0.2) is 46.5 Å². The predicted molar refractivity (Wildman–Crippen MR) is 75.2 cm³/mol. The molecule has 2 rings (SSSR count). The molecule has 0 unspecified atom stereocenters. The van der Waals surface area contributed by atoms with E-state index in [1.807, 2.05) is 0 Å². The average Bonchev–Trinajstić information content (AvgIpc) is 2.29. The van der Waals surface area contributed by atoms with Gasteiger partial charge in [-0.1, -0.05) is 0 Å². The van der Waals surface area contributed by atoms with E-state index < -0.39 is 10.0 Å². The van der Waals surface area contributed by atoms with Crippen molar-refractivity contribution in [1.29, 1.82) is 0 Å². The molecular weight excluding hydrogens is 318 g/mol. The molecule has 1 aromatic carbocycles. The fourth-order valence-electron chi connectivity index (χ4n) is 1.97. The van der Waals surface area contributed by atoms with Crippen LogP contribution in [0.1, 0.15) is 0 Å². The van der Waals surface area contributed by atoms with E-state index in [-0.39, 0.29) is 4.90 Å². The first kappa shape index (κ1) is 13.8. The normalized spacial score (nSPS) is 18.1. The summed E-state index contributed by atoms with van der Waals surface area (Å²) in [5, 5.41) is 5.10. The van der Waals surface area contributed by atoms with Gasteiger partial charge in [0.15, 0.2) is 0 Å². The van der Waals surface area contributed by atoms with Gasteiger partial charge in [0.05, 0.1) is 10.6 Å². The van der Waals surface area contributed by atoms with Gasteiger partial charge in [-0.05, 0) is 41.2 Å². The van der Waals surface area contributed by atoms with Gasteiger partial charge in [-0.15, -0.1) is 0 Å². The second-order valence-electron chi connectivity index (χ2n) is 4.45. The van der Waals surface area contributed by atoms with E-state index in [0.29, 0.717) is 0 Å². The van der Waals surface area contributed by atoms with E-state index >= 15 is 0 Å². The molecule has 1 aliphatic heterocycles. The van der Waals surface area contributed by atoms with Crippen LogP contribution in [0.4, 0.5) is 5.69 Å². The van der Waals surface area contributed by atoms with Gasteiger partial charge in [-0.3, -0.25) is 0 Å². The second kappa shape index (κ2) is 5.16. The summed E-state index contributed by atoms with van der Waals surface area (Å²) < 4.78 is 23.3. The number of hydrogen-bond acceptors (Lipinski definition) is 4. The molecule has 0 amide bonds. The standard InChI is InChI=1S/C11H16BrN3O2S/c1-14-4-6-15(7-5-14)11-3-2-9(8-10(11)12)18(13,16)17/h2-3,8H,4-7H2,1H3,(H2,13,16,17). The van der Waals surface area contributed by atoms with E-state index in [0.717, 1.165) is 36.3 Å². The van der Waals surface area contributed by atoms with Crippen molar-refractivity contribution in [2.75, 3.05) is 38.1 Å². The van der Waals surface area contributed by atoms with Crippen molar-refractivity contribution in [3.63, 3.8) is 0 Å². The molecule has 18 heavy (non-hydrogen) atoms. The Bertz CT molecular complexity index is 539. The number of halogens is 1. The number of rotatable bonds is 2. The number of hydrogen-bond donors (Lipinski definition) is 1. The Balaban J connectivity index is 2.25. The molecular formula is C11H16BrN3O2S. The number of likely N-dealkylation sites (N-methyl/N-ethyl adjacent to an activating group) is 1. The average molecular weight is 334 g/mol. The molecule has 0 atom stereocenters. The first-order valence-corrected chi connectivity index (χ1v) is 7.98. The van der Waals surface area contributed by atoms with Crippen LogP contribution in [0.15, 0.2) is 27.6 Å². The Morgan fingerprint density at radius 1 is 1.22 bits per heavy atom. The molecule has 0 aromatic heterocycles. The highest BCUT2D eigenvalue weighted by Crippen LogP contribution is 2.29. The zero-order valence-corrected chi connectivity index (χ0v) is 12.5. The van der Waals surface area contributed by atoms with Crippen LogP contribution in [-0.2, 0) is 10.0 Å². The number of primary sulfonamides is 1. The molecule has 1 aromatic rings. The molecule has 7 heteroatoms. The van der Waals surface area contributed by atoms with Crippen LogP contribution in [0.2, 0.25) is 0 Å². The van der Waals surface area contributed by atoms with Gasteiger partial charge in [0.1, 0.15) is 0 Å². The third-order valence-electron chi connectivity index (χ3n) is 3.09. The molecule has 0 bridgehead atoms. The van der Waals surface area contributed by atoms with Crippen LogP contribution in [0.3, 0.4) is 0 Å². The van der Waals surface area contributed by atoms with Crippen molar-refractivity contribution in [2.45, 2.75) is 4.90 Å². The minimum Gasteiger partial charge on any atom is -0.368 e. The van der Waals surface area contributed by atoms with Crippen molar-refractivity contribution < 1.29 is 8.42 Å². The maximum Gasteiger partial charge on any atom is 0.238 e. The zero-order chi connectivity index (χ0) is 13.3. The fraction of sp³-hybridized carbons (Fsp3) is 0.455. The number of nitrogens with two attached hydrogens (primary N) is 1. The van der Waals surface area contributed by atoms with Crippen LogP contribution >= 0.6 is 15.9 Å². The van der Waals surface area contributed by atoms with E-state index in [1.165, 1.54) is 0 Å². The van der Waals surface area contributed by atoms with Crippen LogP contribution in [0.25, 0.3) is 0 Å². The Morgan fingerprint density at radius 3 is 2.33 bits per heavy atom. The van der Waals surface area contributed by atoms with E-state index in [2.05, 4.69) is 32.8 Å². The third kappa shape index (κ3) is 3.03. The number of piperazine rings is 1. The molecule has 1 fully saturated rings. The minimum atomic E-state index is -3.64. The molecule has 2 N–H and O–H groups in total. The summed E-state index contributed by atoms with van der Waals surface area (Å²) in [6.07, 6.45) is 0. The van der Waals surface area contributed by atoms with Crippen molar-refractivity contribution in [2.24, 2.45) is 5.14 Å². The van der Waals surface area contributed by atoms with E-state index in [1.54, 1.807) is 18.2 Å². The lowest BCUT2D eigenvalue weighted by Crippen LogP contribution is -2.44. The van der Waals surface area contributed by atoms with Gasteiger partial charge in [-0.25, -0.2) is 13.6 Å². The number of nitrogens with zero attached hydrogens (tertiary/aromatic N) is 2. The first-order valence-electron chi connectivity index (χ1n) is 5.64. The topological polar surface area (TPSA) is 66.6 Å². The summed E-state index contributed by atoms with van der Waals surface area (Å²) in [4.78, 5) is 4.63. The summed E-state index contributed by atoms with van der Waals surface area (Å²) in [6.45, 7) is 3.88. The summed E-state index contributed by atoms with van der Waals surface area (Å²) >= 11 is 3.41. The molecule has 1 heterocycles. The Morgan fingerprint density at radius 2 is 1.83 bits per heavy atom. The monoisotopic (exact) mass is 333 g/mol. The maximum atomic E-state index is 11.3. The Labute approximate surface area is 116 Å². The molecule has 1 aliphatic rings. The Kier molecular flexibility index (Phi) is 3.96. The molecule has 0 aliphatic carbocycles. The molecule has 5 nitrogen and oxygen atoms in total. The number of benzene rings is 1. The van der Waals surface area contributed by atoms with E-state index in [9.17, 15) is 8.42 Å². The van der Waals surface area contributed by atoms with Crippen LogP contribution in [0, 0.1) is 0 Å².